The summed E-state index contributed by atoms with van der Waals surface area (Å²) in [6.07, 6.45) is 3.76. The number of ether oxygens (including phenoxy) is 2. The van der Waals surface area contributed by atoms with Gasteiger partial charge >= 0.3 is 0 Å². The zero-order valence-electron chi connectivity index (χ0n) is 21.5. The van der Waals surface area contributed by atoms with Crippen LogP contribution in [0.3, 0.4) is 0 Å². The van der Waals surface area contributed by atoms with Crippen molar-refractivity contribution in [3.05, 3.63) is 58.2 Å². The zero-order chi connectivity index (χ0) is 25.1. The Morgan fingerprint density at radius 1 is 1.06 bits per heavy atom. The Balaban J connectivity index is 1.87. The molecule has 0 amide bonds. The minimum absolute atomic E-state index is 0.280. The first-order chi connectivity index (χ1) is 16.9. The Bertz CT molecular complexity index is 1290. The fraction of sp³-hybridized carbons (Fsp3) is 0.423. The van der Waals surface area contributed by atoms with E-state index in [1.807, 2.05) is 42.2 Å². The van der Waals surface area contributed by atoms with Crippen LogP contribution >= 0.6 is 11.3 Å². The van der Waals surface area contributed by atoms with Crippen LogP contribution < -0.4 is 14.8 Å². The van der Waals surface area contributed by atoms with Gasteiger partial charge in [0.05, 0.1) is 26.2 Å². The number of anilines is 1. The summed E-state index contributed by atoms with van der Waals surface area (Å²) in [5.41, 5.74) is 2.17. The van der Waals surface area contributed by atoms with Gasteiger partial charge in [-0.3, -0.25) is 4.90 Å². The maximum absolute atomic E-state index is 5.56. The molecule has 0 aliphatic carbocycles. The molecule has 0 aliphatic heterocycles. The molecule has 8 nitrogen and oxygen atoms in total. The van der Waals surface area contributed by atoms with Crippen LogP contribution in [0.2, 0.25) is 0 Å². The fourth-order valence-corrected chi connectivity index (χ4v) is 5.25. The van der Waals surface area contributed by atoms with Gasteiger partial charge in [-0.2, -0.15) is 0 Å². The van der Waals surface area contributed by atoms with Crippen LogP contribution in [0.4, 0.5) is 5.82 Å². The molecule has 0 unspecified atom stereocenters. The summed E-state index contributed by atoms with van der Waals surface area (Å²) in [6, 6.07) is 5.61. The van der Waals surface area contributed by atoms with Crippen molar-refractivity contribution in [2.24, 2.45) is 7.05 Å². The van der Waals surface area contributed by atoms with E-state index in [1.165, 1.54) is 10.4 Å². The van der Waals surface area contributed by atoms with Crippen LogP contribution in [-0.4, -0.2) is 51.7 Å². The van der Waals surface area contributed by atoms with Crippen LogP contribution in [0.25, 0.3) is 10.2 Å². The van der Waals surface area contributed by atoms with Crippen molar-refractivity contribution in [3.8, 4) is 11.5 Å². The molecule has 0 saturated carbocycles. The lowest BCUT2D eigenvalue weighted by molar-refractivity contribution is 0.289. The highest BCUT2D eigenvalue weighted by Gasteiger charge is 2.24. The van der Waals surface area contributed by atoms with Gasteiger partial charge in [0.1, 0.15) is 39.8 Å². The molecule has 0 fully saturated rings. The van der Waals surface area contributed by atoms with Crippen molar-refractivity contribution in [2.75, 3.05) is 32.6 Å². The first kappa shape index (κ1) is 24.9. The number of methoxy groups -OCH3 is 2. The monoisotopic (exact) mass is 494 g/mol. The lowest BCUT2D eigenvalue weighted by Crippen LogP contribution is -2.24. The molecule has 4 rings (SSSR count). The predicted molar refractivity (Wildman–Crippen MR) is 142 cm³/mol. The van der Waals surface area contributed by atoms with Crippen LogP contribution in [0, 0.1) is 13.8 Å². The highest BCUT2D eigenvalue weighted by molar-refractivity contribution is 7.18. The minimum atomic E-state index is -0.280. The zero-order valence-corrected chi connectivity index (χ0v) is 22.4. The van der Waals surface area contributed by atoms with Gasteiger partial charge < -0.3 is 19.4 Å². The summed E-state index contributed by atoms with van der Waals surface area (Å²) in [7, 11) is 5.31. The summed E-state index contributed by atoms with van der Waals surface area (Å²) in [6.45, 7) is 11.2. The van der Waals surface area contributed by atoms with Crippen LogP contribution in [0.1, 0.15) is 47.5 Å². The standard InChI is InChI=1S/C26H34N6O2S/c1-8-32(9-2)15-21-28-24(22-16(3)17(4)35-26(22)29-21)30-23(25-27-10-11-31(25)5)18-12-19(33-6)14-20(13-18)34-7/h10-14,23H,8-9,15H2,1-7H3,(H,28,29,30)/t23-/m0/s1. The number of imidazole rings is 1. The van der Waals surface area contributed by atoms with E-state index in [0.717, 1.165) is 57.8 Å². The number of nitrogens with zero attached hydrogens (tertiary/aromatic N) is 5. The molecular weight excluding hydrogens is 460 g/mol. The Hall–Kier alpha value is -3.17. The largest absolute Gasteiger partial charge is 0.497 e. The number of rotatable bonds is 10. The van der Waals surface area contributed by atoms with Crippen LogP contribution in [-0.2, 0) is 13.6 Å². The summed E-state index contributed by atoms with van der Waals surface area (Å²) in [5, 5.41) is 4.79. The summed E-state index contributed by atoms with van der Waals surface area (Å²) < 4.78 is 13.1. The van der Waals surface area contributed by atoms with Crippen molar-refractivity contribution in [1.29, 1.82) is 0 Å². The topological polar surface area (TPSA) is 77.3 Å². The van der Waals surface area contributed by atoms with Gasteiger partial charge in [-0.25, -0.2) is 15.0 Å². The molecule has 1 N–H and O–H groups in total. The molecule has 9 heteroatoms. The van der Waals surface area contributed by atoms with E-state index < -0.39 is 0 Å². The van der Waals surface area contributed by atoms with Gasteiger partial charge in [-0.15, -0.1) is 11.3 Å². The number of nitrogens with one attached hydrogen (secondary N) is 1. The summed E-state index contributed by atoms with van der Waals surface area (Å²) in [4.78, 5) is 19.2. The van der Waals surface area contributed by atoms with Gasteiger partial charge in [0.25, 0.3) is 0 Å². The molecule has 3 aromatic heterocycles. The second-order valence-corrected chi connectivity index (χ2v) is 9.74. The molecule has 0 saturated heterocycles. The minimum Gasteiger partial charge on any atom is -0.497 e. The lowest BCUT2D eigenvalue weighted by atomic mass is 10.0. The maximum atomic E-state index is 5.56. The van der Waals surface area contributed by atoms with Gasteiger partial charge in [-0.05, 0) is 50.2 Å². The van der Waals surface area contributed by atoms with Gasteiger partial charge in [0.2, 0.25) is 0 Å². The third kappa shape index (κ3) is 5.11. The van der Waals surface area contributed by atoms with Crippen molar-refractivity contribution < 1.29 is 9.47 Å². The normalized spacial score (nSPS) is 12.3. The summed E-state index contributed by atoms with van der Waals surface area (Å²) >= 11 is 1.71. The van der Waals surface area contributed by atoms with E-state index >= 15 is 0 Å². The first-order valence-corrected chi connectivity index (χ1v) is 12.7. The Morgan fingerprint density at radius 3 is 2.31 bits per heavy atom. The molecule has 1 atom stereocenters. The smallest absolute Gasteiger partial charge is 0.146 e. The highest BCUT2D eigenvalue weighted by atomic mass is 32.1. The summed E-state index contributed by atoms with van der Waals surface area (Å²) in [5.74, 6) is 3.93. The molecule has 3 heterocycles. The average molecular weight is 495 g/mol. The Labute approximate surface area is 210 Å². The quantitative estimate of drug-likeness (QED) is 0.329. The number of aryl methyl sites for hydroxylation is 3. The second kappa shape index (κ2) is 10.6. The SMILES string of the molecule is CCN(CC)Cc1nc(N[C@@H](c2cc(OC)cc(OC)c2)c2nccn2C)c2c(C)c(C)sc2n1. The van der Waals surface area contributed by atoms with Gasteiger partial charge in [-0.1, -0.05) is 13.8 Å². The van der Waals surface area contributed by atoms with Gasteiger partial charge in [0, 0.05) is 30.4 Å². The van der Waals surface area contributed by atoms with Crippen molar-refractivity contribution in [3.63, 3.8) is 0 Å². The molecule has 1 aromatic carbocycles. The van der Waals surface area contributed by atoms with Crippen molar-refractivity contribution >= 4 is 27.4 Å². The third-order valence-electron chi connectivity index (χ3n) is 6.44. The van der Waals surface area contributed by atoms with E-state index in [0.29, 0.717) is 6.54 Å². The number of hydrogen-bond donors (Lipinski definition) is 1. The van der Waals surface area contributed by atoms with Crippen molar-refractivity contribution in [1.82, 2.24) is 24.4 Å². The molecular formula is C26H34N6O2S. The number of aromatic nitrogens is 4. The highest BCUT2D eigenvalue weighted by Crippen LogP contribution is 2.37. The maximum Gasteiger partial charge on any atom is 0.146 e. The van der Waals surface area contributed by atoms with E-state index in [9.17, 15) is 0 Å². The van der Waals surface area contributed by atoms with Gasteiger partial charge in [0.15, 0.2) is 0 Å². The molecule has 0 bridgehead atoms. The fourth-order valence-electron chi connectivity index (χ4n) is 4.20. The van der Waals surface area contributed by atoms with E-state index in [4.69, 9.17) is 19.4 Å². The number of thiophene rings is 1. The number of fused-ring (bicyclic) bond motifs is 1. The number of benzene rings is 1. The van der Waals surface area contributed by atoms with E-state index in [2.05, 4.69) is 42.9 Å². The molecule has 0 radical (unpaired) electrons. The molecule has 0 aliphatic rings. The first-order valence-electron chi connectivity index (χ1n) is 11.8. The van der Waals surface area contributed by atoms with E-state index in [1.54, 1.807) is 25.6 Å². The van der Waals surface area contributed by atoms with Crippen LogP contribution in [0.5, 0.6) is 11.5 Å². The lowest BCUT2D eigenvalue weighted by Gasteiger charge is -2.23. The van der Waals surface area contributed by atoms with Crippen LogP contribution in [0.15, 0.2) is 30.6 Å². The predicted octanol–water partition coefficient (Wildman–Crippen LogP) is 5.10. The molecule has 0 spiro atoms. The molecule has 186 valence electrons. The van der Waals surface area contributed by atoms with E-state index in [-0.39, 0.29) is 6.04 Å². The average Bonchev–Trinajstić information content (AvgIpc) is 3.42. The molecule has 35 heavy (non-hydrogen) atoms. The second-order valence-electron chi connectivity index (χ2n) is 8.53. The molecule has 4 aromatic rings. The number of hydrogen-bond acceptors (Lipinski definition) is 8. The Kier molecular flexibility index (Phi) is 7.57. The third-order valence-corrected chi connectivity index (χ3v) is 7.54. The Morgan fingerprint density at radius 2 is 1.74 bits per heavy atom. The van der Waals surface area contributed by atoms with Crippen molar-refractivity contribution in [2.45, 2.75) is 40.3 Å².